The van der Waals surface area contributed by atoms with E-state index in [2.05, 4.69) is 20.4 Å². The van der Waals surface area contributed by atoms with Gasteiger partial charge in [-0.15, -0.1) is 0 Å². The molecule has 1 unspecified atom stereocenters. The molecule has 0 aliphatic carbocycles. The average molecular weight is 345 g/mol. The van der Waals surface area contributed by atoms with Crippen molar-refractivity contribution in [2.24, 2.45) is 4.99 Å². The van der Waals surface area contributed by atoms with E-state index in [-0.39, 0.29) is 17.5 Å². The van der Waals surface area contributed by atoms with Gasteiger partial charge in [0.15, 0.2) is 17.5 Å². The highest BCUT2D eigenvalue weighted by Gasteiger charge is 2.11. The van der Waals surface area contributed by atoms with Gasteiger partial charge in [-0.2, -0.15) is 8.78 Å². The maximum Gasteiger partial charge on any atom is 0.387 e. The molecular formula is C16H25F2N3O3. The fourth-order valence-corrected chi connectivity index (χ4v) is 2.11. The predicted octanol–water partition coefficient (Wildman–Crippen LogP) is 2.04. The molecule has 0 spiro atoms. The third-order valence-corrected chi connectivity index (χ3v) is 3.17. The van der Waals surface area contributed by atoms with Crippen LogP contribution in [0.2, 0.25) is 0 Å². The molecule has 1 aromatic rings. The summed E-state index contributed by atoms with van der Waals surface area (Å²) in [4.78, 5) is 4.12. The number of methoxy groups -OCH3 is 2. The molecule has 2 N–H and O–H groups in total. The molecule has 0 aliphatic heterocycles. The zero-order chi connectivity index (χ0) is 17.9. The topological polar surface area (TPSA) is 64.1 Å². The lowest BCUT2D eigenvalue weighted by Crippen LogP contribution is -2.44. The van der Waals surface area contributed by atoms with Crippen molar-refractivity contribution in [2.45, 2.75) is 26.0 Å². The van der Waals surface area contributed by atoms with Crippen molar-refractivity contribution in [3.05, 3.63) is 23.8 Å². The summed E-state index contributed by atoms with van der Waals surface area (Å²) in [6.07, 6.45) is 0.614. The Kier molecular flexibility index (Phi) is 8.85. The van der Waals surface area contributed by atoms with E-state index in [4.69, 9.17) is 9.47 Å². The van der Waals surface area contributed by atoms with E-state index in [1.54, 1.807) is 26.3 Å². The summed E-state index contributed by atoms with van der Waals surface area (Å²) in [7, 11) is 4.72. The lowest BCUT2D eigenvalue weighted by Gasteiger charge is -2.17. The van der Waals surface area contributed by atoms with Gasteiger partial charge in [-0.3, -0.25) is 4.99 Å². The fraction of sp³-hybridized carbons (Fsp3) is 0.562. The Morgan fingerprint density at radius 3 is 2.58 bits per heavy atom. The summed E-state index contributed by atoms with van der Waals surface area (Å²) >= 11 is 0. The number of hydrogen-bond donors (Lipinski definition) is 2. The van der Waals surface area contributed by atoms with Gasteiger partial charge in [-0.05, 0) is 31.0 Å². The van der Waals surface area contributed by atoms with Gasteiger partial charge in [0.1, 0.15) is 0 Å². The van der Waals surface area contributed by atoms with Crippen molar-refractivity contribution in [1.82, 2.24) is 10.6 Å². The number of nitrogens with zero attached hydrogens (tertiary/aromatic N) is 1. The van der Waals surface area contributed by atoms with Crippen molar-refractivity contribution in [3.63, 3.8) is 0 Å². The first-order chi connectivity index (χ1) is 11.5. The maximum atomic E-state index is 12.4. The Hall–Kier alpha value is -2.09. The average Bonchev–Trinajstić information content (AvgIpc) is 2.54. The Morgan fingerprint density at radius 2 is 2.00 bits per heavy atom. The molecule has 0 aromatic heterocycles. The monoisotopic (exact) mass is 345 g/mol. The number of halogens is 2. The Morgan fingerprint density at radius 1 is 1.25 bits per heavy atom. The number of ether oxygens (including phenoxy) is 3. The second-order valence-corrected chi connectivity index (χ2v) is 5.11. The van der Waals surface area contributed by atoms with Crippen LogP contribution in [0, 0.1) is 0 Å². The predicted molar refractivity (Wildman–Crippen MR) is 89.2 cm³/mol. The first-order valence-corrected chi connectivity index (χ1v) is 7.58. The molecular weight excluding hydrogens is 320 g/mol. The van der Waals surface area contributed by atoms with E-state index < -0.39 is 6.61 Å². The summed E-state index contributed by atoms with van der Waals surface area (Å²) < 4.78 is 39.4. The van der Waals surface area contributed by atoms with Gasteiger partial charge in [0.05, 0.1) is 13.7 Å². The van der Waals surface area contributed by atoms with Gasteiger partial charge in [-0.25, -0.2) is 0 Å². The third kappa shape index (κ3) is 6.99. The molecule has 6 nitrogen and oxygen atoms in total. The quantitative estimate of drug-likeness (QED) is 0.530. The van der Waals surface area contributed by atoms with Crippen molar-refractivity contribution in [3.8, 4) is 11.5 Å². The van der Waals surface area contributed by atoms with Gasteiger partial charge in [-0.1, -0.05) is 6.07 Å². The maximum absolute atomic E-state index is 12.4. The van der Waals surface area contributed by atoms with Crippen molar-refractivity contribution in [2.75, 3.05) is 34.4 Å². The Bertz CT molecular complexity index is 527. The molecule has 0 amide bonds. The number of alkyl halides is 2. The van der Waals surface area contributed by atoms with E-state index in [9.17, 15) is 8.78 Å². The van der Waals surface area contributed by atoms with E-state index in [0.717, 1.165) is 5.56 Å². The number of benzene rings is 1. The minimum atomic E-state index is -2.89. The summed E-state index contributed by atoms with van der Waals surface area (Å²) in [5.41, 5.74) is 0.847. The SMILES string of the molecule is CN=C(NCCc1ccc(OC)c(OC(F)F)c1)NC(C)COC. The van der Waals surface area contributed by atoms with Crippen LogP contribution in [0.1, 0.15) is 12.5 Å². The van der Waals surface area contributed by atoms with Gasteiger partial charge in [0.25, 0.3) is 0 Å². The molecule has 0 bridgehead atoms. The van der Waals surface area contributed by atoms with Crippen LogP contribution in [0.25, 0.3) is 0 Å². The Labute approximate surface area is 141 Å². The number of hydrogen-bond acceptors (Lipinski definition) is 4. The van der Waals surface area contributed by atoms with Crippen LogP contribution in [-0.2, 0) is 11.2 Å². The lowest BCUT2D eigenvalue weighted by molar-refractivity contribution is -0.0512. The molecule has 0 aliphatic rings. The number of guanidine groups is 1. The number of rotatable bonds is 9. The minimum Gasteiger partial charge on any atom is -0.493 e. The van der Waals surface area contributed by atoms with Gasteiger partial charge >= 0.3 is 6.61 Å². The van der Waals surface area contributed by atoms with Gasteiger partial charge in [0.2, 0.25) is 0 Å². The molecule has 0 radical (unpaired) electrons. The highest BCUT2D eigenvalue weighted by atomic mass is 19.3. The molecule has 0 heterocycles. The zero-order valence-electron chi connectivity index (χ0n) is 14.4. The van der Waals surface area contributed by atoms with E-state index >= 15 is 0 Å². The number of aliphatic imine (C=N–C) groups is 1. The second-order valence-electron chi connectivity index (χ2n) is 5.11. The first-order valence-electron chi connectivity index (χ1n) is 7.58. The van der Waals surface area contributed by atoms with E-state index in [1.165, 1.54) is 7.11 Å². The molecule has 1 rings (SSSR count). The van der Waals surface area contributed by atoms with Crippen molar-refractivity contribution in [1.29, 1.82) is 0 Å². The molecule has 0 saturated carbocycles. The first kappa shape index (κ1) is 20.0. The van der Waals surface area contributed by atoms with Crippen molar-refractivity contribution < 1.29 is 23.0 Å². The molecule has 8 heteroatoms. The molecule has 0 fully saturated rings. The summed E-state index contributed by atoms with van der Waals surface area (Å²) in [6.45, 7) is 0.235. The lowest BCUT2D eigenvalue weighted by atomic mass is 10.1. The van der Waals surface area contributed by atoms with Gasteiger partial charge in [0, 0.05) is 26.7 Å². The number of nitrogens with one attached hydrogen (secondary N) is 2. The van der Waals surface area contributed by atoms with E-state index in [1.807, 2.05) is 13.0 Å². The largest absolute Gasteiger partial charge is 0.493 e. The molecule has 136 valence electrons. The minimum absolute atomic E-state index is 0.0289. The van der Waals surface area contributed by atoms with Crippen LogP contribution in [-0.4, -0.2) is 53.0 Å². The van der Waals surface area contributed by atoms with Crippen LogP contribution in [0.15, 0.2) is 23.2 Å². The summed E-state index contributed by atoms with van der Waals surface area (Å²) in [5.74, 6) is 0.955. The van der Waals surface area contributed by atoms with Crippen molar-refractivity contribution >= 4 is 5.96 Å². The van der Waals surface area contributed by atoms with Crippen LogP contribution in [0.4, 0.5) is 8.78 Å². The summed E-state index contributed by atoms with van der Waals surface area (Å²) in [5, 5.41) is 6.34. The molecule has 24 heavy (non-hydrogen) atoms. The third-order valence-electron chi connectivity index (χ3n) is 3.17. The summed E-state index contributed by atoms with van der Waals surface area (Å²) in [6, 6.07) is 5.09. The fourth-order valence-electron chi connectivity index (χ4n) is 2.11. The molecule has 0 saturated heterocycles. The molecule has 1 atom stereocenters. The standard InChI is InChI=1S/C16H25F2N3O3/c1-11(10-22-3)21-16(19-2)20-8-7-12-5-6-13(23-4)14(9-12)24-15(17)18/h5-6,9,11,15H,7-8,10H2,1-4H3,(H2,19,20,21). The highest BCUT2D eigenvalue weighted by molar-refractivity contribution is 5.79. The second kappa shape index (κ2) is 10.6. The van der Waals surface area contributed by atoms with Gasteiger partial charge < -0.3 is 24.8 Å². The van der Waals surface area contributed by atoms with Crippen LogP contribution in [0.3, 0.4) is 0 Å². The van der Waals surface area contributed by atoms with Crippen LogP contribution in [0.5, 0.6) is 11.5 Å². The zero-order valence-corrected chi connectivity index (χ0v) is 14.4. The highest BCUT2D eigenvalue weighted by Crippen LogP contribution is 2.29. The van der Waals surface area contributed by atoms with Crippen LogP contribution >= 0.6 is 0 Å². The van der Waals surface area contributed by atoms with Crippen LogP contribution < -0.4 is 20.1 Å². The van der Waals surface area contributed by atoms with E-state index in [0.29, 0.717) is 25.5 Å². The molecule has 1 aromatic carbocycles. The Balaban J connectivity index is 2.57. The smallest absolute Gasteiger partial charge is 0.387 e. The normalized spacial score (nSPS) is 12.9.